The molecule has 4 heteroatoms. The zero-order valence-electron chi connectivity index (χ0n) is 10.8. The van der Waals surface area contributed by atoms with Crippen LogP contribution in [0, 0.1) is 0 Å². The maximum atomic E-state index is 11.8. The first-order chi connectivity index (χ1) is 8.27. The van der Waals surface area contributed by atoms with Gasteiger partial charge in [0, 0.05) is 19.2 Å². The smallest absolute Gasteiger partial charge is 0.249 e. The van der Waals surface area contributed by atoms with Crippen molar-refractivity contribution < 1.29 is 9.53 Å². The van der Waals surface area contributed by atoms with Crippen LogP contribution in [0.4, 0.5) is 0 Å². The Labute approximate surface area is 104 Å². The van der Waals surface area contributed by atoms with Crippen molar-refractivity contribution in [2.24, 2.45) is 0 Å². The van der Waals surface area contributed by atoms with Crippen molar-refractivity contribution in [1.82, 2.24) is 10.2 Å². The molecule has 0 aliphatic carbocycles. The van der Waals surface area contributed by atoms with Gasteiger partial charge in [-0.05, 0) is 45.7 Å². The number of nitrogens with zero attached hydrogens (tertiary/aromatic N) is 1. The minimum atomic E-state index is -0.191. The largest absolute Gasteiger partial charge is 0.368 e. The highest BCUT2D eigenvalue weighted by atomic mass is 16.5. The number of carbonyl (C=O) groups is 1. The molecule has 1 N–H and O–H groups in total. The third kappa shape index (κ3) is 3.68. The van der Waals surface area contributed by atoms with Gasteiger partial charge in [-0.1, -0.05) is 6.42 Å². The molecule has 2 heterocycles. The molecule has 0 saturated carbocycles. The van der Waals surface area contributed by atoms with E-state index in [4.69, 9.17) is 4.74 Å². The number of carbonyl (C=O) groups excluding carboxylic acids is 1. The van der Waals surface area contributed by atoms with E-state index in [9.17, 15) is 4.79 Å². The van der Waals surface area contributed by atoms with Gasteiger partial charge < -0.3 is 10.1 Å². The van der Waals surface area contributed by atoms with Crippen LogP contribution in [0.25, 0.3) is 0 Å². The normalized spacial score (nSPS) is 27.9. The van der Waals surface area contributed by atoms with Gasteiger partial charge in [-0.2, -0.15) is 0 Å². The van der Waals surface area contributed by atoms with E-state index < -0.39 is 0 Å². The molecule has 2 fully saturated rings. The molecule has 2 unspecified atom stereocenters. The molecule has 0 aromatic rings. The molecule has 98 valence electrons. The Bertz CT molecular complexity index is 246. The summed E-state index contributed by atoms with van der Waals surface area (Å²) in [5.41, 5.74) is 0. The van der Waals surface area contributed by atoms with Gasteiger partial charge in [0.05, 0.1) is 0 Å². The fourth-order valence-corrected chi connectivity index (χ4v) is 2.63. The molecular formula is C13H24N2O2. The average Bonchev–Trinajstić information content (AvgIpc) is 2.90. The van der Waals surface area contributed by atoms with Crippen LogP contribution >= 0.6 is 0 Å². The number of piperidine rings is 1. The monoisotopic (exact) mass is 240 g/mol. The van der Waals surface area contributed by atoms with Crippen LogP contribution in [0.15, 0.2) is 0 Å². The number of likely N-dealkylation sites (tertiary alicyclic amines) is 1. The van der Waals surface area contributed by atoms with Crippen LogP contribution in [-0.2, 0) is 9.53 Å². The number of hydrogen-bond donors (Lipinski definition) is 1. The quantitative estimate of drug-likeness (QED) is 0.801. The Morgan fingerprint density at radius 3 is 2.76 bits per heavy atom. The van der Waals surface area contributed by atoms with Gasteiger partial charge in [0.2, 0.25) is 5.91 Å². The molecule has 0 aromatic carbocycles. The Hall–Kier alpha value is -0.610. The van der Waals surface area contributed by atoms with E-state index in [0.29, 0.717) is 6.04 Å². The summed E-state index contributed by atoms with van der Waals surface area (Å²) in [5.74, 6) is 0.0753. The molecule has 0 aromatic heterocycles. The van der Waals surface area contributed by atoms with Crippen LogP contribution in [-0.4, -0.2) is 49.2 Å². The zero-order valence-corrected chi connectivity index (χ0v) is 10.8. The highest BCUT2D eigenvalue weighted by Crippen LogP contribution is 2.13. The fourth-order valence-electron chi connectivity index (χ4n) is 2.63. The minimum absolute atomic E-state index is 0.0753. The van der Waals surface area contributed by atoms with Gasteiger partial charge >= 0.3 is 0 Å². The molecule has 4 nitrogen and oxygen atoms in total. The SMILES string of the molecule is CC(CNC(=O)C1CCCO1)N1CCCCC1. The zero-order chi connectivity index (χ0) is 12.1. The van der Waals surface area contributed by atoms with E-state index in [1.165, 1.54) is 32.4 Å². The molecular weight excluding hydrogens is 216 g/mol. The summed E-state index contributed by atoms with van der Waals surface area (Å²) in [6, 6.07) is 0.445. The van der Waals surface area contributed by atoms with Crippen molar-refractivity contribution in [1.29, 1.82) is 0 Å². The molecule has 0 bridgehead atoms. The van der Waals surface area contributed by atoms with Gasteiger partial charge in [0.25, 0.3) is 0 Å². The third-order valence-corrected chi connectivity index (χ3v) is 3.81. The van der Waals surface area contributed by atoms with E-state index in [1.54, 1.807) is 0 Å². The summed E-state index contributed by atoms with van der Waals surface area (Å²) in [6.45, 7) is 6.04. The van der Waals surface area contributed by atoms with Gasteiger partial charge in [0.15, 0.2) is 0 Å². The van der Waals surface area contributed by atoms with Gasteiger partial charge in [0.1, 0.15) is 6.10 Å². The Morgan fingerprint density at radius 1 is 1.35 bits per heavy atom. The molecule has 0 radical (unpaired) electrons. The van der Waals surface area contributed by atoms with E-state index in [0.717, 1.165) is 26.0 Å². The standard InChI is InChI=1S/C13H24N2O2/c1-11(15-7-3-2-4-8-15)10-14-13(16)12-6-5-9-17-12/h11-12H,2-10H2,1H3,(H,14,16). The minimum Gasteiger partial charge on any atom is -0.368 e. The molecule has 2 aliphatic heterocycles. The summed E-state index contributed by atoms with van der Waals surface area (Å²) in [7, 11) is 0. The molecule has 2 saturated heterocycles. The molecule has 2 aliphatic rings. The Balaban J connectivity index is 1.67. The van der Waals surface area contributed by atoms with E-state index in [-0.39, 0.29) is 12.0 Å². The lowest BCUT2D eigenvalue weighted by molar-refractivity contribution is -0.130. The second-order valence-electron chi connectivity index (χ2n) is 5.19. The summed E-state index contributed by atoms with van der Waals surface area (Å²) >= 11 is 0. The number of ether oxygens (including phenoxy) is 1. The summed E-state index contributed by atoms with van der Waals surface area (Å²) < 4.78 is 5.37. The Kier molecular flexibility index (Phi) is 4.80. The summed E-state index contributed by atoms with van der Waals surface area (Å²) in [5, 5.41) is 3.02. The number of rotatable bonds is 4. The van der Waals surface area contributed by atoms with Crippen molar-refractivity contribution in [3.05, 3.63) is 0 Å². The first kappa shape index (κ1) is 12.8. The van der Waals surface area contributed by atoms with Gasteiger partial charge in [-0.25, -0.2) is 0 Å². The van der Waals surface area contributed by atoms with Crippen LogP contribution in [0.5, 0.6) is 0 Å². The van der Waals surface area contributed by atoms with Crippen molar-refractivity contribution >= 4 is 5.91 Å². The van der Waals surface area contributed by atoms with Gasteiger partial charge in [-0.15, -0.1) is 0 Å². The molecule has 17 heavy (non-hydrogen) atoms. The lowest BCUT2D eigenvalue weighted by Crippen LogP contribution is -2.46. The predicted molar refractivity (Wildman–Crippen MR) is 66.9 cm³/mol. The van der Waals surface area contributed by atoms with Crippen molar-refractivity contribution in [2.75, 3.05) is 26.2 Å². The van der Waals surface area contributed by atoms with E-state index in [2.05, 4.69) is 17.1 Å². The summed E-state index contributed by atoms with van der Waals surface area (Å²) in [6.07, 6.45) is 5.65. The third-order valence-electron chi connectivity index (χ3n) is 3.81. The first-order valence-corrected chi connectivity index (χ1v) is 6.91. The van der Waals surface area contributed by atoms with Crippen molar-refractivity contribution in [3.63, 3.8) is 0 Å². The topological polar surface area (TPSA) is 41.6 Å². The maximum absolute atomic E-state index is 11.8. The number of nitrogens with one attached hydrogen (secondary N) is 1. The van der Waals surface area contributed by atoms with Crippen LogP contribution in [0.3, 0.4) is 0 Å². The van der Waals surface area contributed by atoms with Crippen LogP contribution < -0.4 is 5.32 Å². The van der Waals surface area contributed by atoms with E-state index in [1.807, 2.05) is 0 Å². The van der Waals surface area contributed by atoms with Crippen molar-refractivity contribution in [2.45, 2.75) is 51.2 Å². The predicted octanol–water partition coefficient (Wildman–Crippen LogP) is 1.16. The van der Waals surface area contributed by atoms with Crippen LogP contribution in [0.1, 0.15) is 39.0 Å². The molecule has 0 spiro atoms. The average molecular weight is 240 g/mol. The molecule has 1 amide bonds. The lowest BCUT2D eigenvalue weighted by atomic mass is 10.1. The number of hydrogen-bond acceptors (Lipinski definition) is 3. The van der Waals surface area contributed by atoms with Crippen molar-refractivity contribution in [3.8, 4) is 0 Å². The van der Waals surface area contributed by atoms with Gasteiger partial charge in [-0.3, -0.25) is 9.69 Å². The fraction of sp³-hybridized carbons (Fsp3) is 0.923. The second-order valence-corrected chi connectivity index (χ2v) is 5.19. The molecule has 2 rings (SSSR count). The first-order valence-electron chi connectivity index (χ1n) is 6.91. The van der Waals surface area contributed by atoms with Crippen LogP contribution in [0.2, 0.25) is 0 Å². The Morgan fingerprint density at radius 2 is 2.12 bits per heavy atom. The highest BCUT2D eigenvalue weighted by Gasteiger charge is 2.24. The van der Waals surface area contributed by atoms with E-state index >= 15 is 0 Å². The second kappa shape index (κ2) is 6.36. The lowest BCUT2D eigenvalue weighted by Gasteiger charge is -2.32. The summed E-state index contributed by atoms with van der Waals surface area (Å²) in [4.78, 5) is 14.2. The highest BCUT2D eigenvalue weighted by molar-refractivity contribution is 5.80. The number of amides is 1. The molecule has 2 atom stereocenters. The maximum Gasteiger partial charge on any atom is 0.249 e.